The van der Waals surface area contributed by atoms with E-state index in [1.165, 1.54) is 4.68 Å². The fourth-order valence-electron chi connectivity index (χ4n) is 2.35. The third kappa shape index (κ3) is 2.96. The molecule has 0 bridgehead atoms. The van der Waals surface area contributed by atoms with Crippen LogP contribution in [0.15, 0.2) is 42.6 Å². The molecule has 3 aromatic rings. The zero-order chi connectivity index (χ0) is 16.4. The van der Waals surface area contributed by atoms with Crippen molar-refractivity contribution in [3.63, 3.8) is 0 Å². The minimum absolute atomic E-state index is 0.346. The fourth-order valence-corrected chi connectivity index (χ4v) is 2.35. The second-order valence-electron chi connectivity index (χ2n) is 5.15. The molecule has 1 aromatic heterocycles. The molecule has 0 aliphatic carbocycles. The molecule has 3 rings (SSSR count). The van der Waals surface area contributed by atoms with Gasteiger partial charge in [-0.15, -0.1) is 0 Å². The van der Waals surface area contributed by atoms with E-state index in [1.54, 1.807) is 38.6 Å². The average Bonchev–Trinajstić information content (AvgIpc) is 2.97. The molecular formula is C17H17N3O3. The Hall–Kier alpha value is -3.02. The number of benzene rings is 2. The van der Waals surface area contributed by atoms with E-state index in [0.29, 0.717) is 17.2 Å². The number of aryl methyl sites for hydroxylation is 1. The molecule has 6 heteroatoms. The number of anilines is 1. The first kappa shape index (κ1) is 14.9. The molecule has 1 heterocycles. The molecule has 0 saturated carbocycles. The average molecular weight is 311 g/mol. The minimum atomic E-state index is -0.346. The van der Waals surface area contributed by atoms with Gasteiger partial charge in [-0.1, -0.05) is 12.1 Å². The van der Waals surface area contributed by atoms with Gasteiger partial charge in [0, 0.05) is 29.3 Å². The van der Waals surface area contributed by atoms with Gasteiger partial charge in [-0.3, -0.25) is 0 Å². The molecule has 0 spiro atoms. The molecule has 0 atom stereocenters. The smallest absolute Gasteiger partial charge is 0.347 e. The van der Waals surface area contributed by atoms with E-state index in [0.717, 1.165) is 16.5 Å². The number of ether oxygens (including phenoxy) is 2. The Labute approximate surface area is 133 Å². The predicted molar refractivity (Wildman–Crippen MR) is 88.4 cm³/mol. The second-order valence-corrected chi connectivity index (χ2v) is 5.15. The topological polar surface area (TPSA) is 65.4 Å². The van der Waals surface area contributed by atoms with Crippen molar-refractivity contribution < 1.29 is 14.3 Å². The van der Waals surface area contributed by atoms with Crippen LogP contribution in [0.1, 0.15) is 5.56 Å². The highest BCUT2D eigenvalue weighted by atomic mass is 16.5. The predicted octanol–water partition coefficient (Wildman–Crippen LogP) is 3.44. The fraction of sp³-hybridized carbons (Fsp3) is 0.176. The summed E-state index contributed by atoms with van der Waals surface area (Å²) in [5, 5.41) is 7.88. The zero-order valence-electron chi connectivity index (χ0n) is 13.2. The van der Waals surface area contributed by atoms with Gasteiger partial charge in [-0.25, -0.2) is 4.79 Å². The van der Waals surface area contributed by atoms with Gasteiger partial charge in [-0.05, 0) is 18.6 Å². The Morgan fingerprint density at radius 1 is 1.09 bits per heavy atom. The van der Waals surface area contributed by atoms with E-state index < -0.39 is 0 Å². The van der Waals surface area contributed by atoms with Crippen LogP contribution in [0, 0.1) is 6.92 Å². The largest absolute Gasteiger partial charge is 0.497 e. The van der Waals surface area contributed by atoms with E-state index in [4.69, 9.17) is 9.47 Å². The van der Waals surface area contributed by atoms with Crippen LogP contribution >= 0.6 is 0 Å². The lowest BCUT2D eigenvalue weighted by molar-refractivity contribution is 0.252. The van der Waals surface area contributed by atoms with E-state index in [1.807, 2.05) is 25.1 Å². The summed E-state index contributed by atoms with van der Waals surface area (Å²) in [6.45, 7) is 1.97. The van der Waals surface area contributed by atoms with Crippen LogP contribution in [0.5, 0.6) is 11.5 Å². The number of methoxy groups -OCH3 is 2. The Balaban J connectivity index is 1.93. The normalized spacial score (nSPS) is 10.6. The van der Waals surface area contributed by atoms with Crippen molar-refractivity contribution in [3.8, 4) is 11.5 Å². The summed E-state index contributed by atoms with van der Waals surface area (Å²) >= 11 is 0. The Kier molecular flexibility index (Phi) is 3.89. The van der Waals surface area contributed by atoms with Gasteiger partial charge in [0.05, 0.1) is 25.9 Å². The van der Waals surface area contributed by atoms with E-state index >= 15 is 0 Å². The zero-order valence-corrected chi connectivity index (χ0v) is 13.2. The van der Waals surface area contributed by atoms with Crippen LogP contribution in [0.25, 0.3) is 10.9 Å². The maximum absolute atomic E-state index is 12.5. The maximum atomic E-state index is 12.5. The summed E-state index contributed by atoms with van der Waals surface area (Å²) in [6, 6.07) is 10.7. The van der Waals surface area contributed by atoms with Crippen molar-refractivity contribution >= 4 is 22.6 Å². The highest BCUT2D eigenvalue weighted by Crippen LogP contribution is 2.26. The van der Waals surface area contributed by atoms with Gasteiger partial charge < -0.3 is 14.8 Å². The van der Waals surface area contributed by atoms with Crippen molar-refractivity contribution in [3.05, 3.63) is 48.2 Å². The number of carbonyl (C=O) groups excluding carboxylic acids is 1. The standard InChI is InChI=1S/C17H17N3O3/c1-11-4-5-12-10-18-20(16(12)6-11)17(21)19-13-7-14(22-2)9-15(8-13)23-3/h4-10H,1-3H3,(H,19,21). The molecule has 0 aliphatic rings. The molecule has 0 saturated heterocycles. The summed E-state index contributed by atoms with van der Waals surface area (Å²) < 4.78 is 11.7. The van der Waals surface area contributed by atoms with Crippen molar-refractivity contribution in [2.24, 2.45) is 0 Å². The van der Waals surface area contributed by atoms with E-state index in [2.05, 4.69) is 10.4 Å². The highest BCUT2D eigenvalue weighted by molar-refractivity contribution is 5.97. The number of nitrogens with zero attached hydrogens (tertiary/aromatic N) is 2. The molecule has 23 heavy (non-hydrogen) atoms. The number of carbonyl (C=O) groups is 1. The van der Waals surface area contributed by atoms with Crippen LogP contribution < -0.4 is 14.8 Å². The van der Waals surface area contributed by atoms with Crippen molar-refractivity contribution in [2.45, 2.75) is 6.92 Å². The van der Waals surface area contributed by atoms with Crippen molar-refractivity contribution in [2.75, 3.05) is 19.5 Å². The third-order valence-electron chi connectivity index (χ3n) is 3.52. The second kappa shape index (κ2) is 6.00. The van der Waals surface area contributed by atoms with E-state index in [9.17, 15) is 4.79 Å². The highest BCUT2D eigenvalue weighted by Gasteiger charge is 2.12. The van der Waals surface area contributed by atoms with Crippen LogP contribution in [0.4, 0.5) is 10.5 Å². The number of hydrogen-bond acceptors (Lipinski definition) is 4. The van der Waals surface area contributed by atoms with Gasteiger partial charge in [0.1, 0.15) is 11.5 Å². The minimum Gasteiger partial charge on any atom is -0.497 e. The first-order valence-electron chi connectivity index (χ1n) is 7.09. The van der Waals surface area contributed by atoms with Crippen molar-refractivity contribution in [1.82, 2.24) is 9.78 Å². The lowest BCUT2D eigenvalue weighted by Crippen LogP contribution is -2.20. The quantitative estimate of drug-likeness (QED) is 0.804. The molecule has 0 radical (unpaired) electrons. The monoisotopic (exact) mass is 311 g/mol. The van der Waals surface area contributed by atoms with Gasteiger partial charge in [0.2, 0.25) is 0 Å². The summed E-state index contributed by atoms with van der Waals surface area (Å²) in [7, 11) is 3.12. The molecule has 2 aromatic carbocycles. The number of fused-ring (bicyclic) bond motifs is 1. The number of nitrogens with one attached hydrogen (secondary N) is 1. The molecule has 1 amide bonds. The Morgan fingerprint density at radius 2 is 1.78 bits per heavy atom. The lowest BCUT2D eigenvalue weighted by atomic mass is 10.2. The molecule has 0 fully saturated rings. The summed E-state index contributed by atoms with van der Waals surface area (Å²) in [6.07, 6.45) is 1.67. The number of aromatic nitrogens is 2. The molecule has 1 N–H and O–H groups in total. The summed E-state index contributed by atoms with van der Waals surface area (Å²) in [5.41, 5.74) is 2.40. The first-order valence-corrected chi connectivity index (χ1v) is 7.09. The lowest BCUT2D eigenvalue weighted by Gasteiger charge is -2.10. The van der Waals surface area contributed by atoms with Crippen LogP contribution in [0.2, 0.25) is 0 Å². The molecular weight excluding hydrogens is 294 g/mol. The van der Waals surface area contributed by atoms with Crippen LogP contribution in [0.3, 0.4) is 0 Å². The van der Waals surface area contributed by atoms with Gasteiger partial charge in [-0.2, -0.15) is 9.78 Å². The maximum Gasteiger partial charge on any atom is 0.347 e. The Morgan fingerprint density at radius 3 is 2.43 bits per heavy atom. The van der Waals surface area contributed by atoms with E-state index in [-0.39, 0.29) is 6.03 Å². The van der Waals surface area contributed by atoms with Crippen LogP contribution in [-0.4, -0.2) is 30.0 Å². The summed E-state index contributed by atoms with van der Waals surface area (Å²) in [4.78, 5) is 12.5. The number of rotatable bonds is 3. The molecule has 0 aliphatic heterocycles. The van der Waals surface area contributed by atoms with Gasteiger partial charge >= 0.3 is 6.03 Å². The molecule has 118 valence electrons. The van der Waals surface area contributed by atoms with Gasteiger partial charge in [0.25, 0.3) is 0 Å². The third-order valence-corrected chi connectivity index (χ3v) is 3.52. The van der Waals surface area contributed by atoms with Gasteiger partial charge in [0.15, 0.2) is 0 Å². The molecule has 6 nitrogen and oxygen atoms in total. The van der Waals surface area contributed by atoms with Crippen LogP contribution in [-0.2, 0) is 0 Å². The SMILES string of the molecule is COc1cc(NC(=O)n2ncc3ccc(C)cc32)cc(OC)c1. The first-order chi connectivity index (χ1) is 11.1. The Bertz CT molecular complexity index is 848. The van der Waals surface area contributed by atoms with Crippen molar-refractivity contribution in [1.29, 1.82) is 0 Å². The number of hydrogen-bond donors (Lipinski definition) is 1. The summed E-state index contributed by atoms with van der Waals surface area (Å²) in [5.74, 6) is 1.20. The number of amides is 1. The molecule has 0 unspecified atom stereocenters.